The average molecular weight is 411 g/mol. The first kappa shape index (κ1) is 15.3. The van der Waals surface area contributed by atoms with E-state index in [2.05, 4.69) is 62.9 Å². The number of halogens is 1. The van der Waals surface area contributed by atoms with Crippen molar-refractivity contribution in [1.29, 1.82) is 0 Å². The maximum atomic E-state index is 10.9. The Bertz CT molecular complexity index is 707. The predicted molar refractivity (Wildman–Crippen MR) is 95.4 cm³/mol. The number of hydrogen-bond acceptors (Lipinski definition) is 3. The van der Waals surface area contributed by atoms with Gasteiger partial charge in [0.25, 0.3) is 0 Å². The van der Waals surface area contributed by atoms with Gasteiger partial charge < -0.3 is 15.3 Å². The molecule has 0 radical (unpaired) electrons. The first-order valence-corrected chi connectivity index (χ1v) is 8.40. The van der Waals surface area contributed by atoms with E-state index < -0.39 is 6.09 Å². The molecule has 0 unspecified atom stereocenters. The number of rotatable bonds is 2. The predicted octanol–water partition coefficient (Wildman–Crippen LogP) is 3.32. The van der Waals surface area contributed by atoms with Crippen molar-refractivity contribution >= 4 is 45.3 Å². The van der Waals surface area contributed by atoms with Gasteiger partial charge in [-0.25, -0.2) is 4.79 Å². The number of piperidine rings is 1. The maximum Gasteiger partial charge on any atom is 0.404 e. The molecule has 1 aliphatic rings. The molecule has 1 aromatic carbocycles. The summed E-state index contributed by atoms with van der Waals surface area (Å²) in [6.07, 6.45) is 1.74. The minimum Gasteiger partial charge on any atom is -0.465 e. The van der Waals surface area contributed by atoms with Crippen LogP contribution < -0.4 is 10.2 Å². The summed E-state index contributed by atoms with van der Waals surface area (Å²) in [5.74, 6) is 0.441. The Morgan fingerprint density at radius 3 is 3.00 bits per heavy atom. The quantitative estimate of drug-likeness (QED) is 0.745. The first-order valence-electron chi connectivity index (χ1n) is 7.32. The van der Waals surface area contributed by atoms with E-state index in [0.29, 0.717) is 12.5 Å². The topological polar surface area (TPSA) is 65.5 Å². The molecular formula is C16H18IN3O2. The molecule has 5 nitrogen and oxygen atoms in total. The molecule has 0 spiro atoms. The van der Waals surface area contributed by atoms with Gasteiger partial charge in [0.15, 0.2) is 0 Å². The van der Waals surface area contributed by atoms with E-state index in [1.807, 2.05) is 12.3 Å². The van der Waals surface area contributed by atoms with E-state index in [9.17, 15) is 4.79 Å². The second-order valence-electron chi connectivity index (χ2n) is 5.86. The highest BCUT2D eigenvalue weighted by molar-refractivity contribution is 14.1. The number of anilines is 1. The monoisotopic (exact) mass is 411 g/mol. The molecule has 2 heterocycles. The lowest BCUT2D eigenvalue weighted by molar-refractivity contribution is 0.186. The van der Waals surface area contributed by atoms with Crippen molar-refractivity contribution in [2.45, 2.75) is 19.4 Å². The highest BCUT2D eigenvalue weighted by Crippen LogP contribution is 2.31. The Morgan fingerprint density at radius 1 is 1.41 bits per heavy atom. The van der Waals surface area contributed by atoms with E-state index in [-0.39, 0.29) is 6.04 Å². The lowest BCUT2D eigenvalue weighted by Gasteiger charge is -2.38. The number of nitrogens with one attached hydrogen (secondary N) is 1. The van der Waals surface area contributed by atoms with Crippen LogP contribution in [0.3, 0.4) is 0 Å². The van der Waals surface area contributed by atoms with Gasteiger partial charge in [0.2, 0.25) is 0 Å². The lowest BCUT2D eigenvalue weighted by Crippen LogP contribution is -2.50. The van der Waals surface area contributed by atoms with E-state index in [1.165, 1.54) is 0 Å². The van der Waals surface area contributed by atoms with Gasteiger partial charge in [-0.15, -0.1) is 0 Å². The zero-order valence-corrected chi connectivity index (χ0v) is 14.4. The molecule has 0 saturated carbocycles. The Balaban J connectivity index is 1.96. The van der Waals surface area contributed by atoms with Gasteiger partial charge in [0.1, 0.15) is 0 Å². The normalized spacial score (nSPS) is 21.8. The second-order valence-corrected chi connectivity index (χ2v) is 7.02. The van der Waals surface area contributed by atoms with Gasteiger partial charge in [-0.05, 0) is 59.2 Å². The highest BCUT2D eigenvalue weighted by Gasteiger charge is 2.27. The second kappa shape index (κ2) is 6.28. The van der Waals surface area contributed by atoms with Crippen LogP contribution in [0.2, 0.25) is 0 Å². The molecule has 1 aromatic heterocycles. The Kier molecular flexibility index (Phi) is 4.37. The molecule has 6 heteroatoms. The summed E-state index contributed by atoms with van der Waals surface area (Å²) in [4.78, 5) is 17.7. The van der Waals surface area contributed by atoms with Crippen LogP contribution in [0.5, 0.6) is 0 Å². The summed E-state index contributed by atoms with van der Waals surface area (Å²) < 4.78 is 1.13. The standard InChI is InChI=1S/C16H18IN3O2/c1-10-7-11(19-16(21)22)9-20(8-10)14-5-4-13(17)15-12(14)3-2-6-18-15/h2-6,10-11,19H,7-9H2,1H3,(H,21,22)/t10-,11+/m0/s1. The molecule has 3 rings (SSSR count). The number of nitrogens with zero attached hydrogens (tertiary/aromatic N) is 2. The number of aromatic nitrogens is 1. The number of benzene rings is 1. The van der Waals surface area contributed by atoms with Gasteiger partial charge in [0.05, 0.1) is 5.52 Å². The molecule has 22 heavy (non-hydrogen) atoms. The number of carboxylic acid groups (broad SMARTS) is 1. The molecule has 2 N–H and O–H groups in total. The van der Waals surface area contributed by atoms with Crippen LogP contribution >= 0.6 is 22.6 Å². The summed E-state index contributed by atoms with van der Waals surface area (Å²) in [6, 6.07) is 8.18. The lowest BCUT2D eigenvalue weighted by atomic mass is 9.95. The molecule has 2 atom stereocenters. The molecule has 0 aliphatic carbocycles. The average Bonchev–Trinajstić information content (AvgIpc) is 2.46. The summed E-state index contributed by atoms with van der Waals surface area (Å²) >= 11 is 2.30. The summed E-state index contributed by atoms with van der Waals surface area (Å²) in [5.41, 5.74) is 2.13. The van der Waals surface area contributed by atoms with E-state index in [1.54, 1.807) is 0 Å². The van der Waals surface area contributed by atoms with Crippen LogP contribution in [0.4, 0.5) is 10.5 Å². The minimum absolute atomic E-state index is 0.0350. The minimum atomic E-state index is -0.951. The van der Waals surface area contributed by atoms with Crippen LogP contribution in [0, 0.1) is 9.49 Å². The molecule has 1 aliphatic heterocycles. The van der Waals surface area contributed by atoms with Crippen molar-refractivity contribution in [3.8, 4) is 0 Å². The van der Waals surface area contributed by atoms with Crippen LogP contribution in [-0.4, -0.2) is 35.3 Å². The SMILES string of the molecule is C[C@H]1C[C@@H](NC(=O)O)CN(c2ccc(I)c3ncccc23)C1. The first-order chi connectivity index (χ1) is 10.5. The van der Waals surface area contributed by atoms with Crippen LogP contribution in [-0.2, 0) is 0 Å². The van der Waals surface area contributed by atoms with Crippen molar-refractivity contribution in [3.63, 3.8) is 0 Å². The summed E-state index contributed by atoms with van der Waals surface area (Å²) in [6.45, 7) is 3.79. The molecule has 1 fully saturated rings. The van der Waals surface area contributed by atoms with Crippen molar-refractivity contribution in [3.05, 3.63) is 34.0 Å². The number of carbonyl (C=O) groups is 1. The third-order valence-corrected chi connectivity index (χ3v) is 4.90. The van der Waals surface area contributed by atoms with E-state index >= 15 is 0 Å². The van der Waals surface area contributed by atoms with Crippen molar-refractivity contribution in [2.24, 2.45) is 5.92 Å². The fraction of sp³-hybridized carbons (Fsp3) is 0.375. The number of amides is 1. The smallest absolute Gasteiger partial charge is 0.404 e. The summed E-state index contributed by atoms with van der Waals surface area (Å²) in [5, 5.41) is 12.7. The van der Waals surface area contributed by atoms with Crippen LogP contribution in [0.25, 0.3) is 10.9 Å². The van der Waals surface area contributed by atoms with E-state index in [0.717, 1.165) is 33.1 Å². The van der Waals surface area contributed by atoms with Crippen molar-refractivity contribution in [2.75, 3.05) is 18.0 Å². The largest absolute Gasteiger partial charge is 0.465 e. The number of pyridine rings is 1. The number of hydrogen-bond donors (Lipinski definition) is 2. The van der Waals surface area contributed by atoms with Crippen LogP contribution in [0.1, 0.15) is 13.3 Å². The summed E-state index contributed by atoms with van der Waals surface area (Å²) in [7, 11) is 0. The third-order valence-electron chi connectivity index (χ3n) is 4.03. The zero-order valence-electron chi connectivity index (χ0n) is 12.3. The van der Waals surface area contributed by atoms with Gasteiger partial charge in [0, 0.05) is 40.0 Å². The van der Waals surface area contributed by atoms with Gasteiger partial charge in [-0.3, -0.25) is 4.98 Å². The van der Waals surface area contributed by atoms with Crippen LogP contribution in [0.15, 0.2) is 30.5 Å². The Morgan fingerprint density at radius 2 is 2.23 bits per heavy atom. The molecule has 2 aromatic rings. The fourth-order valence-electron chi connectivity index (χ4n) is 3.23. The van der Waals surface area contributed by atoms with Gasteiger partial charge >= 0.3 is 6.09 Å². The maximum absolute atomic E-state index is 10.9. The Labute approximate surface area is 142 Å². The van der Waals surface area contributed by atoms with Gasteiger partial charge in [-0.1, -0.05) is 6.92 Å². The Hall–Kier alpha value is -1.57. The van der Waals surface area contributed by atoms with E-state index in [4.69, 9.17) is 5.11 Å². The molecule has 1 saturated heterocycles. The highest BCUT2D eigenvalue weighted by atomic mass is 127. The van der Waals surface area contributed by atoms with Crippen molar-refractivity contribution in [1.82, 2.24) is 10.3 Å². The zero-order chi connectivity index (χ0) is 15.7. The van der Waals surface area contributed by atoms with Crippen molar-refractivity contribution < 1.29 is 9.90 Å². The molecular weight excluding hydrogens is 393 g/mol. The third kappa shape index (κ3) is 3.11. The molecule has 1 amide bonds. The molecule has 0 bridgehead atoms. The van der Waals surface area contributed by atoms with Gasteiger partial charge in [-0.2, -0.15) is 0 Å². The fourth-order valence-corrected chi connectivity index (χ4v) is 3.84. The number of fused-ring (bicyclic) bond motifs is 1. The molecule has 116 valence electrons.